The Morgan fingerprint density at radius 1 is 1.24 bits per heavy atom. The molecule has 4 nitrogen and oxygen atoms in total. The number of aliphatic carboxylic acids is 2. The molecule has 0 radical (unpaired) electrons. The second kappa shape index (κ2) is 6.04. The topological polar surface area (TPSA) is 74.6 Å². The number of hydrogen-bond acceptors (Lipinski definition) is 2. The summed E-state index contributed by atoms with van der Waals surface area (Å²) in [5.41, 5.74) is 0.891. The van der Waals surface area contributed by atoms with Gasteiger partial charge in [-0.3, -0.25) is 4.79 Å². The van der Waals surface area contributed by atoms with Crippen LogP contribution in [0.4, 0.5) is 0 Å². The van der Waals surface area contributed by atoms with Gasteiger partial charge in [0, 0.05) is 5.57 Å². The summed E-state index contributed by atoms with van der Waals surface area (Å²) in [5, 5.41) is 19.2. The lowest BCUT2D eigenvalue weighted by atomic mass is 9.63. The van der Waals surface area contributed by atoms with E-state index in [1.807, 2.05) is 13.0 Å². The number of carboxylic acids is 2. The van der Waals surface area contributed by atoms with E-state index in [1.165, 1.54) is 6.42 Å². The van der Waals surface area contributed by atoms with Crippen molar-refractivity contribution in [2.24, 2.45) is 11.3 Å². The molecule has 116 valence electrons. The largest absolute Gasteiger partial charge is 0.481 e. The van der Waals surface area contributed by atoms with Crippen LogP contribution >= 0.6 is 0 Å². The summed E-state index contributed by atoms with van der Waals surface area (Å²) in [6.07, 6.45) is 7.95. The van der Waals surface area contributed by atoms with Crippen LogP contribution < -0.4 is 0 Å². The molecule has 0 aromatic rings. The molecule has 21 heavy (non-hydrogen) atoms. The predicted octanol–water partition coefficient (Wildman–Crippen LogP) is 3.78. The van der Waals surface area contributed by atoms with Crippen molar-refractivity contribution < 1.29 is 19.8 Å². The monoisotopic (exact) mass is 292 g/mol. The van der Waals surface area contributed by atoms with Crippen LogP contribution in [0.15, 0.2) is 22.8 Å². The third kappa shape index (κ3) is 2.76. The van der Waals surface area contributed by atoms with Gasteiger partial charge in [-0.1, -0.05) is 32.3 Å². The van der Waals surface area contributed by atoms with Gasteiger partial charge in [-0.25, -0.2) is 4.79 Å². The summed E-state index contributed by atoms with van der Waals surface area (Å²) in [6, 6.07) is 0. The molecule has 0 saturated heterocycles. The highest BCUT2D eigenvalue weighted by atomic mass is 16.4. The van der Waals surface area contributed by atoms with Crippen molar-refractivity contribution in [3.8, 4) is 0 Å². The standard InChI is InChI=1S/C17H24O4/c1-3-17(16(20)21)10-13(15(18)19)11(2)9-14(17)12-7-5-4-6-8-12/h9,12H,3-8,10H2,1-2H3,(H,18,19)(H,20,21). The van der Waals surface area contributed by atoms with Gasteiger partial charge >= 0.3 is 11.9 Å². The molecule has 2 aliphatic rings. The fraction of sp³-hybridized carbons (Fsp3) is 0.647. The highest BCUT2D eigenvalue weighted by Gasteiger charge is 2.47. The van der Waals surface area contributed by atoms with Gasteiger partial charge in [0.25, 0.3) is 0 Å². The molecule has 1 fully saturated rings. The van der Waals surface area contributed by atoms with Gasteiger partial charge in [-0.05, 0) is 49.7 Å². The first-order valence-corrected chi connectivity index (χ1v) is 7.81. The van der Waals surface area contributed by atoms with Crippen molar-refractivity contribution in [1.29, 1.82) is 0 Å². The summed E-state index contributed by atoms with van der Waals surface area (Å²) < 4.78 is 0. The van der Waals surface area contributed by atoms with Crippen LogP contribution in [0.5, 0.6) is 0 Å². The van der Waals surface area contributed by atoms with Crippen molar-refractivity contribution in [1.82, 2.24) is 0 Å². The van der Waals surface area contributed by atoms with Gasteiger partial charge < -0.3 is 10.2 Å². The quantitative estimate of drug-likeness (QED) is 0.827. The minimum atomic E-state index is -1.03. The molecule has 0 heterocycles. The molecule has 2 N–H and O–H groups in total. The van der Waals surface area contributed by atoms with E-state index in [9.17, 15) is 19.8 Å². The minimum Gasteiger partial charge on any atom is -0.481 e. The maximum absolute atomic E-state index is 12.0. The fourth-order valence-electron chi connectivity index (χ4n) is 3.85. The van der Waals surface area contributed by atoms with Gasteiger partial charge in [0.1, 0.15) is 0 Å². The maximum atomic E-state index is 12.0. The van der Waals surface area contributed by atoms with E-state index in [0.29, 0.717) is 17.9 Å². The summed E-state index contributed by atoms with van der Waals surface area (Å²) in [5.74, 6) is -1.58. The molecular formula is C17H24O4. The van der Waals surface area contributed by atoms with Crippen LogP contribution in [-0.2, 0) is 9.59 Å². The Balaban J connectivity index is 2.50. The van der Waals surface area contributed by atoms with Crippen molar-refractivity contribution in [2.45, 2.75) is 58.8 Å². The number of carbonyl (C=O) groups is 2. The van der Waals surface area contributed by atoms with E-state index in [-0.39, 0.29) is 12.0 Å². The number of carboxylic acid groups (broad SMARTS) is 2. The molecule has 0 aromatic carbocycles. The summed E-state index contributed by atoms with van der Waals surface area (Å²) >= 11 is 0. The van der Waals surface area contributed by atoms with Crippen LogP contribution in [-0.4, -0.2) is 22.2 Å². The minimum absolute atomic E-state index is 0.113. The Hall–Kier alpha value is -1.58. The van der Waals surface area contributed by atoms with Gasteiger partial charge in [0.15, 0.2) is 0 Å². The van der Waals surface area contributed by atoms with Gasteiger partial charge in [-0.2, -0.15) is 0 Å². The molecule has 2 rings (SSSR count). The van der Waals surface area contributed by atoms with E-state index < -0.39 is 17.4 Å². The predicted molar refractivity (Wildman–Crippen MR) is 80.0 cm³/mol. The number of hydrogen-bond donors (Lipinski definition) is 2. The lowest BCUT2D eigenvalue weighted by Gasteiger charge is -2.40. The second-order valence-electron chi connectivity index (χ2n) is 6.32. The number of allylic oxidation sites excluding steroid dienone is 2. The molecular weight excluding hydrogens is 268 g/mol. The first-order chi connectivity index (χ1) is 9.92. The van der Waals surface area contributed by atoms with E-state index in [0.717, 1.165) is 31.3 Å². The lowest BCUT2D eigenvalue weighted by Crippen LogP contribution is -2.39. The van der Waals surface area contributed by atoms with Crippen LogP contribution in [0.25, 0.3) is 0 Å². The molecule has 1 saturated carbocycles. The first kappa shape index (κ1) is 15.8. The fourth-order valence-corrected chi connectivity index (χ4v) is 3.85. The van der Waals surface area contributed by atoms with Crippen molar-refractivity contribution in [2.75, 3.05) is 0 Å². The van der Waals surface area contributed by atoms with Crippen LogP contribution in [0.1, 0.15) is 58.8 Å². The summed E-state index contributed by atoms with van der Waals surface area (Å²) in [4.78, 5) is 23.4. The zero-order valence-electron chi connectivity index (χ0n) is 12.8. The van der Waals surface area contributed by atoms with E-state index in [4.69, 9.17) is 0 Å². The Labute approximate surface area is 125 Å². The van der Waals surface area contributed by atoms with E-state index in [2.05, 4.69) is 0 Å². The summed E-state index contributed by atoms with van der Waals surface area (Å²) in [6.45, 7) is 3.64. The number of rotatable bonds is 4. The normalized spacial score (nSPS) is 27.4. The molecule has 4 heteroatoms. The zero-order valence-corrected chi connectivity index (χ0v) is 12.8. The van der Waals surface area contributed by atoms with Crippen LogP contribution in [0.2, 0.25) is 0 Å². The van der Waals surface area contributed by atoms with Crippen LogP contribution in [0.3, 0.4) is 0 Å². The summed E-state index contributed by atoms with van der Waals surface area (Å²) in [7, 11) is 0. The third-order valence-electron chi connectivity index (χ3n) is 5.20. The molecule has 2 aliphatic carbocycles. The SMILES string of the molecule is CCC1(C(=O)O)CC(C(=O)O)=C(C)C=C1C1CCCCC1. The average Bonchev–Trinajstić information content (AvgIpc) is 2.47. The molecule has 1 unspecified atom stereocenters. The highest BCUT2D eigenvalue weighted by Crippen LogP contribution is 2.49. The first-order valence-electron chi connectivity index (χ1n) is 7.81. The second-order valence-corrected chi connectivity index (χ2v) is 6.32. The van der Waals surface area contributed by atoms with E-state index in [1.54, 1.807) is 6.92 Å². The average molecular weight is 292 g/mol. The van der Waals surface area contributed by atoms with Gasteiger partial charge in [0.2, 0.25) is 0 Å². The van der Waals surface area contributed by atoms with E-state index >= 15 is 0 Å². The molecule has 0 bridgehead atoms. The van der Waals surface area contributed by atoms with Crippen molar-refractivity contribution in [3.63, 3.8) is 0 Å². The maximum Gasteiger partial charge on any atom is 0.331 e. The lowest BCUT2D eigenvalue weighted by molar-refractivity contribution is -0.147. The Morgan fingerprint density at radius 3 is 2.33 bits per heavy atom. The third-order valence-corrected chi connectivity index (χ3v) is 5.20. The van der Waals surface area contributed by atoms with Crippen LogP contribution in [0, 0.1) is 11.3 Å². The zero-order chi connectivity index (χ0) is 15.6. The molecule has 0 aliphatic heterocycles. The Kier molecular flexibility index (Phi) is 4.55. The molecule has 1 atom stereocenters. The Morgan fingerprint density at radius 2 is 1.86 bits per heavy atom. The van der Waals surface area contributed by atoms with Gasteiger partial charge in [-0.15, -0.1) is 0 Å². The molecule has 0 spiro atoms. The highest BCUT2D eigenvalue weighted by molar-refractivity contribution is 5.92. The van der Waals surface area contributed by atoms with Gasteiger partial charge in [0.05, 0.1) is 5.41 Å². The molecule has 0 amide bonds. The molecule has 0 aromatic heterocycles. The van der Waals surface area contributed by atoms with Crippen molar-refractivity contribution in [3.05, 3.63) is 22.8 Å². The van der Waals surface area contributed by atoms with Crippen molar-refractivity contribution >= 4 is 11.9 Å². The Bertz CT molecular complexity index is 509. The smallest absolute Gasteiger partial charge is 0.331 e.